The molecule has 0 radical (unpaired) electrons. The van der Waals surface area contributed by atoms with Crippen molar-refractivity contribution < 1.29 is 9.47 Å². The number of nitrogens with one attached hydrogen (secondary N) is 1. The molecule has 1 saturated heterocycles. The van der Waals surface area contributed by atoms with E-state index >= 15 is 0 Å². The van der Waals surface area contributed by atoms with E-state index in [2.05, 4.69) is 17.3 Å². The number of hydrogen-bond acceptors (Lipinski definition) is 4. The summed E-state index contributed by atoms with van der Waals surface area (Å²) in [5, 5.41) is 3.27. The van der Waals surface area contributed by atoms with Crippen LogP contribution in [0.3, 0.4) is 0 Å². The van der Waals surface area contributed by atoms with E-state index < -0.39 is 0 Å². The monoisotopic (exact) mass is 250 g/mol. The topological polar surface area (TPSA) is 33.7 Å². The summed E-state index contributed by atoms with van der Waals surface area (Å²) >= 11 is 0. The van der Waals surface area contributed by atoms with Crippen molar-refractivity contribution in [1.82, 2.24) is 10.2 Å². The van der Waals surface area contributed by atoms with Crippen LogP contribution in [-0.4, -0.2) is 50.8 Å². The van der Waals surface area contributed by atoms with Gasteiger partial charge in [0.1, 0.15) is 18.1 Å². The first-order valence-electron chi connectivity index (χ1n) is 6.56. The summed E-state index contributed by atoms with van der Waals surface area (Å²) < 4.78 is 11.1. The maximum Gasteiger partial charge on any atom is 0.119 e. The number of hydrogen-bond donors (Lipinski definition) is 1. The standard InChI is InChI=1S/C14H22N2O2/c1-3-17-13-4-6-14(7-5-13)18-9-8-16(2)12-10-15-11-12/h4-7,12,15H,3,8-11H2,1-2H3. The average Bonchev–Trinajstić information content (AvgIpc) is 2.29. The number of likely N-dealkylation sites (N-methyl/N-ethyl adjacent to an activating group) is 1. The van der Waals surface area contributed by atoms with Gasteiger partial charge >= 0.3 is 0 Å². The number of benzene rings is 1. The van der Waals surface area contributed by atoms with Crippen LogP contribution in [0.25, 0.3) is 0 Å². The van der Waals surface area contributed by atoms with Gasteiger partial charge in [-0.15, -0.1) is 0 Å². The summed E-state index contributed by atoms with van der Waals surface area (Å²) in [6.45, 7) is 6.55. The van der Waals surface area contributed by atoms with E-state index in [1.807, 2.05) is 31.2 Å². The lowest BCUT2D eigenvalue weighted by Crippen LogP contribution is -2.56. The molecule has 0 aliphatic carbocycles. The largest absolute Gasteiger partial charge is 0.494 e. The fourth-order valence-electron chi connectivity index (χ4n) is 1.87. The van der Waals surface area contributed by atoms with Gasteiger partial charge in [0.2, 0.25) is 0 Å². The van der Waals surface area contributed by atoms with Gasteiger partial charge in [-0.05, 0) is 38.2 Å². The second-order valence-corrected chi connectivity index (χ2v) is 4.55. The smallest absolute Gasteiger partial charge is 0.119 e. The van der Waals surface area contributed by atoms with Crippen LogP contribution < -0.4 is 14.8 Å². The van der Waals surface area contributed by atoms with Gasteiger partial charge in [-0.25, -0.2) is 0 Å². The molecule has 1 heterocycles. The van der Waals surface area contributed by atoms with Crippen LogP contribution in [0.5, 0.6) is 11.5 Å². The Labute approximate surface area is 109 Å². The Morgan fingerprint density at radius 1 is 1.17 bits per heavy atom. The van der Waals surface area contributed by atoms with E-state index in [-0.39, 0.29) is 0 Å². The molecule has 1 aromatic rings. The predicted molar refractivity (Wildman–Crippen MR) is 72.4 cm³/mol. The number of rotatable bonds is 7. The molecule has 0 amide bonds. The van der Waals surface area contributed by atoms with E-state index in [4.69, 9.17) is 9.47 Å². The third-order valence-corrected chi connectivity index (χ3v) is 3.23. The SMILES string of the molecule is CCOc1ccc(OCCN(C)C2CNC2)cc1. The van der Waals surface area contributed by atoms with Crippen molar-refractivity contribution in [2.75, 3.05) is 39.9 Å². The van der Waals surface area contributed by atoms with Gasteiger partial charge in [-0.2, -0.15) is 0 Å². The first-order valence-corrected chi connectivity index (χ1v) is 6.56. The van der Waals surface area contributed by atoms with Gasteiger partial charge in [-0.1, -0.05) is 0 Å². The van der Waals surface area contributed by atoms with Crippen LogP contribution in [0.1, 0.15) is 6.92 Å². The van der Waals surface area contributed by atoms with Crippen molar-refractivity contribution in [1.29, 1.82) is 0 Å². The Balaban J connectivity index is 1.69. The first kappa shape index (κ1) is 13.2. The lowest BCUT2D eigenvalue weighted by molar-refractivity contribution is 0.151. The van der Waals surface area contributed by atoms with Crippen LogP contribution in [0.2, 0.25) is 0 Å². The van der Waals surface area contributed by atoms with Crippen molar-refractivity contribution in [3.8, 4) is 11.5 Å². The van der Waals surface area contributed by atoms with Crippen molar-refractivity contribution >= 4 is 0 Å². The summed E-state index contributed by atoms with van der Waals surface area (Å²) in [5.41, 5.74) is 0. The molecule has 1 fully saturated rings. The molecule has 0 saturated carbocycles. The Morgan fingerprint density at radius 3 is 2.28 bits per heavy atom. The lowest BCUT2D eigenvalue weighted by Gasteiger charge is -2.35. The molecule has 18 heavy (non-hydrogen) atoms. The van der Waals surface area contributed by atoms with E-state index in [0.717, 1.165) is 37.7 Å². The predicted octanol–water partition coefficient (Wildman–Crippen LogP) is 1.37. The van der Waals surface area contributed by atoms with E-state index in [1.54, 1.807) is 0 Å². The quantitative estimate of drug-likeness (QED) is 0.792. The summed E-state index contributed by atoms with van der Waals surface area (Å²) in [6, 6.07) is 8.47. The highest BCUT2D eigenvalue weighted by Crippen LogP contribution is 2.17. The fraction of sp³-hybridized carbons (Fsp3) is 0.571. The molecule has 100 valence electrons. The Kier molecular flexibility index (Phi) is 4.84. The zero-order valence-corrected chi connectivity index (χ0v) is 11.2. The zero-order chi connectivity index (χ0) is 12.8. The Morgan fingerprint density at radius 2 is 1.78 bits per heavy atom. The molecule has 2 rings (SSSR count). The minimum absolute atomic E-state index is 0.675. The third-order valence-electron chi connectivity index (χ3n) is 3.23. The van der Waals surface area contributed by atoms with Gasteiger partial charge in [-0.3, -0.25) is 4.90 Å². The summed E-state index contributed by atoms with van der Waals surface area (Å²) in [5.74, 6) is 1.79. The van der Waals surface area contributed by atoms with Gasteiger partial charge in [0.25, 0.3) is 0 Å². The fourth-order valence-corrected chi connectivity index (χ4v) is 1.87. The number of nitrogens with zero attached hydrogens (tertiary/aromatic N) is 1. The van der Waals surface area contributed by atoms with E-state index in [0.29, 0.717) is 12.6 Å². The van der Waals surface area contributed by atoms with Crippen LogP contribution in [0, 0.1) is 0 Å². The van der Waals surface area contributed by atoms with Gasteiger partial charge in [0.15, 0.2) is 0 Å². The van der Waals surface area contributed by atoms with Crippen molar-refractivity contribution in [2.24, 2.45) is 0 Å². The first-order chi connectivity index (χ1) is 8.79. The second-order valence-electron chi connectivity index (χ2n) is 4.55. The van der Waals surface area contributed by atoms with Crippen LogP contribution in [0.15, 0.2) is 24.3 Å². The van der Waals surface area contributed by atoms with Crippen molar-refractivity contribution in [3.63, 3.8) is 0 Å². The minimum Gasteiger partial charge on any atom is -0.494 e. The van der Waals surface area contributed by atoms with Crippen LogP contribution >= 0.6 is 0 Å². The van der Waals surface area contributed by atoms with Crippen LogP contribution in [0.4, 0.5) is 0 Å². The Hall–Kier alpha value is -1.26. The lowest BCUT2D eigenvalue weighted by atomic mass is 10.1. The molecule has 0 atom stereocenters. The molecule has 1 aliphatic rings. The molecule has 0 spiro atoms. The summed E-state index contributed by atoms with van der Waals surface area (Å²) in [7, 11) is 2.15. The van der Waals surface area contributed by atoms with Gasteiger partial charge in [0, 0.05) is 25.7 Å². The Bertz CT molecular complexity index is 349. The second kappa shape index (κ2) is 6.61. The minimum atomic E-state index is 0.675. The molecule has 1 N–H and O–H groups in total. The maximum atomic E-state index is 5.71. The molecule has 0 unspecified atom stereocenters. The van der Waals surface area contributed by atoms with E-state index in [1.165, 1.54) is 0 Å². The molecule has 1 aromatic carbocycles. The highest BCUT2D eigenvalue weighted by atomic mass is 16.5. The van der Waals surface area contributed by atoms with Crippen molar-refractivity contribution in [3.05, 3.63) is 24.3 Å². The third kappa shape index (κ3) is 3.62. The molecule has 4 nitrogen and oxygen atoms in total. The number of ether oxygens (including phenoxy) is 2. The molecule has 4 heteroatoms. The molecular formula is C14H22N2O2. The zero-order valence-electron chi connectivity index (χ0n) is 11.2. The molecular weight excluding hydrogens is 228 g/mol. The van der Waals surface area contributed by atoms with E-state index in [9.17, 15) is 0 Å². The van der Waals surface area contributed by atoms with Crippen LogP contribution in [-0.2, 0) is 0 Å². The van der Waals surface area contributed by atoms with Gasteiger partial charge < -0.3 is 14.8 Å². The molecule has 1 aliphatic heterocycles. The maximum absolute atomic E-state index is 5.71. The molecule has 0 aromatic heterocycles. The summed E-state index contributed by atoms with van der Waals surface area (Å²) in [4.78, 5) is 2.34. The normalized spacial score (nSPS) is 15.5. The summed E-state index contributed by atoms with van der Waals surface area (Å²) in [6.07, 6.45) is 0. The molecule has 0 bridgehead atoms. The highest BCUT2D eigenvalue weighted by molar-refractivity contribution is 5.31. The van der Waals surface area contributed by atoms with Crippen molar-refractivity contribution in [2.45, 2.75) is 13.0 Å². The highest BCUT2D eigenvalue weighted by Gasteiger charge is 2.20. The van der Waals surface area contributed by atoms with Gasteiger partial charge in [0.05, 0.1) is 6.61 Å². The average molecular weight is 250 g/mol.